The van der Waals surface area contributed by atoms with E-state index in [1.54, 1.807) is 30.5 Å². The maximum atomic E-state index is 13.5. The van der Waals surface area contributed by atoms with Crippen molar-refractivity contribution in [1.82, 2.24) is 57.6 Å². The molecule has 0 radical (unpaired) electrons. The van der Waals surface area contributed by atoms with Gasteiger partial charge in [-0.2, -0.15) is 8.61 Å². The molecule has 0 amide bonds. The Hall–Kier alpha value is -6.36. The highest BCUT2D eigenvalue weighted by Crippen LogP contribution is 2.35. The highest BCUT2D eigenvalue weighted by Gasteiger charge is 2.40. The van der Waals surface area contributed by atoms with Gasteiger partial charge in [0.2, 0.25) is 20.0 Å². The Morgan fingerprint density at radius 2 is 1.12 bits per heavy atom. The average molecular weight is 1080 g/mol. The normalized spacial score (nSPS) is 14.8. The number of ether oxygens (including phenoxy) is 2. The van der Waals surface area contributed by atoms with Gasteiger partial charge in [0.1, 0.15) is 23.1 Å². The fourth-order valence-corrected chi connectivity index (χ4v) is 12.1. The molecule has 3 N–H and O–H groups in total. The van der Waals surface area contributed by atoms with Gasteiger partial charge in [-0.3, -0.25) is 9.59 Å². The molecule has 0 bridgehead atoms. The Kier molecular flexibility index (Phi) is 18.1. The molecule has 6 aromatic rings. The second kappa shape index (κ2) is 24.1. The van der Waals surface area contributed by atoms with Crippen molar-refractivity contribution in [2.75, 3.05) is 79.8 Å². The van der Waals surface area contributed by atoms with Crippen LogP contribution in [0, 0.1) is 24.0 Å². The van der Waals surface area contributed by atoms with Gasteiger partial charge in [-0.05, 0) is 104 Å². The molecule has 0 unspecified atom stereocenters. The number of aromatic nitrogens is 8. The Morgan fingerprint density at radius 1 is 0.707 bits per heavy atom. The molecule has 408 valence electrons. The van der Waals surface area contributed by atoms with Crippen molar-refractivity contribution in [1.29, 1.82) is 0 Å². The number of sulfonamides is 2. The van der Waals surface area contributed by atoms with Gasteiger partial charge < -0.3 is 39.2 Å². The number of imidazole rings is 2. The maximum absolute atomic E-state index is 13.5. The van der Waals surface area contributed by atoms with E-state index in [2.05, 4.69) is 39.9 Å². The summed E-state index contributed by atoms with van der Waals surface area (Å²) < 4.78 is 71.1. The minimum absolute atomic E-state index is 0.0124. The molecule has 0 atom stereocenters. The molecule has 2 aliphatic rings. The minimum atomic E-state index is -3.83. The van der Waals surface area contributed by atoms with Crippen molar-refractivity contribution in [3.63, 3.8) is 0 Å². The summed E-state index contributed by atoms with van der Waals surface area (Å²) in [4.78, 5) is 59.3. The molecule has 2 saturated heterocycles. The van der Waals surface area contributed by atoms with Crippen LogP contribution < -0.4 is 20.6 Å². The molecular formula is C48H67N13O12S2. The molecular weight excluding hydrogens is 1010 g/mol. The summed E-state index contributed by atoms with van der Waals surface area (Å²) in [6.45, 7) is 14.6. The molecule has 2 fully saturated rings. The Bertz CT molecular complexity index is 3350. The third-order valence-corrected chi connectivity index (χ3v) is 16.8. The minimum Gasteiger partial charge on any atom is -0.493 e. The number of hydrogen-bond donors (Lipinski definition) is 3. The number of nitrogens with one attached hydrogen (secondary N) is 2. The van der Waals surface area contributed by atoms with E-state index < -0.39 is 25.1 Å². The zero-order chi connectivity index (χ0) is 54.4. The fraction of sp³-hybridized carbons (Fsp3) is 0.542. The number of benzene rings is 2. The van der Waals surface area contributed by atoms with Crippen LogP contribution in [0.15, 0.2) is 55.8 Å². The van der Waals surface area contributed by atoms with Gasteiger partial charge >= 0.3 is 0 Å². The molecule has 0 spiro atoms. The summed E-state index contributed by atoms with van der Waals surface area (Å²) in [6, 6.07) is 9.25. The van der Waals surface area contributed by atoms with Crippen LogP contribution >= 0.6 is 0 Å². The number of fused-ring (bicyclic) bond motifs is 2. The summed E-state index contributed by atoms with van der Waals surface area (Å²) in [5, 5.41) is 27.8. The van der Waals surface area contributed by atoms with Crippen molar-refractivity contribution >= 4 is 31.1 Å². The zero-order valence-electron chi connectivity index (χ0n) is 43.6. The second-order valence-electron chi connectivity index (χ2n) is 18.4. The van der Waals surface area contributed by atoms with E-state index in [4.69, 9.17) is 14.6 Å². The number of rotatable bonds is 24. The smallest absolute Gasteiger partial charge is 0.294 e. The summed E-state index contributed by atoms with van der Waals surface area (Å²) in [7, 11) is -3.81. The lowest BCUT2D eigenvalue weighted by molar-refractivity contribution is -0.757. The fourth-order valence-electron chi connectivity index (χ4n) is 8.98. The predicted molar refractivity (Wildman–Crippen MR) is 278 cm³/mol. The van der Waals surface area contributed by atoms with E-state index in [1.165, 1.54) is 37.4 Å². The van der Waals surface area contributed by atoms with Gasteiger partial charge in [-0.15, -0.1) is 20.3 Å². The lowest BCUT2D eigenvalue weighted by Gasteiger charge is -2.43. The van der Waals surface area contributed by atoms with Gasteiger partial charge in [0, 0.05) is 70.8 Å². The Labute approximate surface area is 434 Å². The van der Waals surface area contributed by atoms with Crippen LogP contribution in [0.1, 0.15) is 76.4 Å². The molecule has 0 aliphatic carbocycles. The van der Waals surface area contributed by atoms with Gasteiger partial charge in [-0.25, -0.2) is 35.8 Å². The average Bonchev–Trinajstić information content (AvgIpc) is 3.83. The van der Waals surface area contributed by atoms with Crippen LogP contribution in [0.4, 0.5) is 0 Å². The third-order valence-electron chi connectivity index (χ3n) is 13.1. The molecule has 2 aromatic carbocycles. The quantitative estimate of drug-likeness (QED) is 0.0446. The molecule has 75 heavy (non-hydrogen) atoms. The van der Waals surface area contributed by atoms with E-state index in [1.807, 2.05) is 46.7 Å². The number of aryl methyl sites for hydroxylation is 4. The van der Waals surface area contributed by atoms with Crippen molar-refractivity contribution in [2.45, 2.75) is 102 Å². The van der Waals surface area contributed by atoms with E-state index in [9.17, 15) is 36.5 Å². The van der Waals surface area contributed by atoms with Crippen molar-refractivity contribution < 1.29 is 41.3 Å². The largest absolute Gasteiger partial charge is 0.493 e. The number of likely N-dealkylation sites (N-methyl/N-ethyl adjacent to an activating group) is 2. The Morgan fingerprint density at radius 3 is 1.49 bits per heavy atom. The second-order valence-corrected chi connectivity index (χ2v) is 22.3. The van der Waals surface area contributed by atoms with Crippen LogP contribution in [-0.4, -0.2) is 176 Å². The van der Waals surface area contributed by atoms with Gasteiger partial charge in [-0.1, -0.05) is 13.8 Å². The number of aromatic amines is 2. The molecule has 27 heteroatoms. The van der Waals surface area contributed by atoms with E-state index in [0.29, 0.717) is 122 Å². The Balaban J connectivity index is 0.000000219. The lowest BCUT2D eigenvalue weighted by Crippen LogP contribution is -2.60. The first-order chi connectivity index (χ1) is 35.8. The van der Waals surface area contributed by atoms with Crippen molar-refractivity contribution in [2.24, 2.45) is 0 Å². The zero-order valence-corrected chi connectivity index (χ0v) is 45.2. The number of aliphatic hydroxyl groups is 1. The molecule has 2 aliphatic heterocycles. The number of aliphatic hydroxyl groups excluding tert-OH is 1. The van der Waals surface area contributed by atoms with Crippen LogP contribution in [0.2, 0.25) is 0 Å². The number of nitrogens with zero attached hydrogens (tertiary/aromatic N) is 11. The van der Waals surface area contributed by atoms with Gasteiger partial charge in [0.25, 0.3) is 16.2 Å². The van der Waals surface area contributed by atoms with Gasteiger partial charge in [0.15, 0.2) is 22.7 Å². The number of H-pyrrole nitrogens is 2. The summed E-state index contributed by atoms with van der Waals surface area (Å²) >= 11 is 0. The van der Waals surface area contributed by atoms with E-state index in [0.717, 1.165) is 12.8 Å². The molecule has 6 heterocycles. The monoisotopic (exact) mass is 1080 g/mol. The van der Waals surface area contributed by atoms with Gasteiger partial charge in [0.05, 0.1) is 52.1 Å². The number of hydrogen-bond acceptors (Lipinski definition) is 18. The van der Waals surface area contributed by atoms with Crippen molar-refractivity contribution in [3.8, 4) is 34.3 Å². The molecule has 4 aromatic heterocycles. The van der Waals surface area contributed by atoms with E-state index in [-0.39, 0.29) is 70.9 Å². The van der Waals surface area contributed by atoms with Crippen molar-refractivity contribution in [3.05, 3.63) is 90.3 Å². The van der Waals surface area contributed by atoms with Crippen LogP contribution in [0.5, 0.6) is 11.5 Å². The SMILES string of the molecule is CCCc1nc(C)c2c(=O)[nH]c(-c3cc(S(=O)(=O)N4CC(N(C)CCCO)C4)ccc3OCC)nn12.CCCc1nc(C)c2c(=O)[nH]c(-c3cc(S(=O)(=O)N4CC(N(C)CCCO[N+](=O)[O-])C4)ccc3OCC)nn12. The third kappa shape index (κ3) is 12.2. The standard InChI is InChI=1S/C24H33N7O7S.C24H34N6O5S/c1-5-8-21-25-16(3)22-24(32)26-23(27-30(21)22)19-13-18(9-10-20(19)37-6-2)39(35,36)29-14-17(15-29)28(4)11-7-12-38-31(33)34;1-5-8-21-25-16(3)22-24(32)26-23(27-30(21)22)19-13-18(9-10-20(19)35-6-2)36(33,34)29-14-17(15-29)28(4)11-7-12-31/h9-10,13,17H,5-8,11-12,14-15H2,1-4H3,(H,26,27,32);9-10,13,17,31H,5-8,11-12,14-15H2,1-4H3,(H,26,27,32). The summed E-state index contributed by atoms with van der Waals surface area (Å²) in [6.07, 6.45) is 4.04. The first kappa shape index (κ1) is 56.4. The lowest BCUT2D eigenvalue weighted by atomic mass is 10.1. The van der Waals surface area contributed by atoms with Crippen LogP contribution in [-0.2, 0) is 37.7 Å². The predicted octanol–water partition coefficient (Wildman–Crippen LogP) is 3.08. The van der Waals surface area contributed by atoms with E-state index >= 15 is 0 Å². The molecule has 25 nitrogen and oxygen atoms in total. The highest BCUT2D eigenvalue weighted by molar-refractivity contribution is 7.89. The molecule has 0 saturated carbocycles. The topological polar surface area (TPSA) is 298 Å². The molecule has 8 rings (SSSR count). The first-order valence-electron chi connectivity index (χ1n) is 25.1. The highest BCUT2D eigenvalue weighted by atomic mass is 32.2. The maximum Gasteiger partial charge on any atom is 0.294 e. The van der Waals surface area contributed by atoms with Crippen LogP contribution in [0.25, 0.3) is 33.8 Å². The van der Waals surface area contributed by atoms with Crippen LogP contribution in [0.3, 0.4) is 0 Å². The summed E-state index contributed by atoms with van der Waals surface area (Å²) in [5.41, 5.74) is 1.91. The first-order valence-corrected chi connectivity index (χ1v) is 28.0. The summed E-state index contributed by atoms with van der Waals surface area (Å²) in [5.74, 6) is 2.55.